The van der Waals surface area contributed by atoms with Gasteiger partial charge in [0.2, 0.25) is 0 Å². The molecule has 3 aromatic rings. The summed E-state index contributed by atoms with van der Waals surface area (Å²) < 4.78 is 32.4. The maximum absolute atomic E-state index is 12.4. The molecule has 0 fully saturated rings. The number of hydrogen-bond acceptors (Lipinski definition) is 5. The first-order chi connectivity index (χ1) is 13.0. The second-order valence-corrected chi connectivity index (χ2v) is 7.68. The average molecular weight is 383 g/mol. The van der Waals surface area contributed by atoms with Crippen molar-refractivity contribution in [2.24, 2.45) is 0 Å². The molecule has 0 radical (unpaired) electrons. The second-order valence-electron chi connectivity index (χ2n) is 5.99. The summed E-state index contributed by atoms with van der Waals surface area (Å²) in [5.74, 6) is 0.850. The molecule has 140 valence electrons. The molecule has 1 heterocycles. The van der Waals surface area contributed by atoms with Gasteiger partial charge in [0.05, 0.1) is 23.9 Å². The standard InChI is InChI=1S/C20H21N3O3S/c1-15-5-3-4-6-16(15)13-21-17-7-12-20(22-14-17)23-27(24,25)19-10-8-18(26-2)9-11-19/h3-12,14,21H,13H2,1-2H3,(H,22,23). The fourth-order valence-corrected chi connectivity index (χ4v) is 3.52. The Morgan fingerprint density at radius 2 is 1.74 bits per heavy atom. The molecule has 0 bridgehead atoms. The number of sulfonamides is 1. The summed E-state index contributed by atoms with van der Waals surface area (Å²) in [6.45, 7) is 2.73. The first-order valence-corrected chi connectivity index (χ1v) is 9.87. The Balaban J connectivity index is 1.65. The monoisotopic (exact) mass is 383 g/mol. The summed E-state index contributed by atoms with van der Waals surface area (Å²) in [6.07, 6.45) is 1.60. The van der Waals surface area contributed by atoms with E-state index in [1.54, 1.807) is 30.5 Å². The van der Waals surface area contributed by atoms with E-state index in [9.17, 15) is 8.42 Å². The molecule has 1 aromatic heterocycles. The highest BCUT2D eigenvalue weighted by Gasteiger charge is 2.14. The predicted molar refractivity (Wildman–Crippen MR) is 107 cm³/mol. The Morgan fingerprint density at radius 1 is 1.00 bits per heavy atom. The van der Waals surface area contributed by atoms with Crippen LogP contribution in [-0.2, 0) is 16.6 Å². The number of anilines is 2. The molecule has 0 amide bonds. The van der Waals surface area contributed by atoms with Gasteiger partial charge in [-0.25, -0.2) is 13.4 Å². The van der Waals surface area contributed by atoms with Gasteiger partial charge in [0.15, 0.2) is 0 Å². The highest BCUT2D eigenvalue weighted by atomic mass is 32.2. The highest BCUT2D eigenvalue weighted by molar-refractivity contribution is 7.92. The van der Waals surface area contributed by atoms with Crippen molar-refractivity contribution in [3.8, 4) is 5.75 Å². The lowest BCUT2D eigenvalue weighted by molar-refractivity contribution is 0.414. The third-order valence-electron chi connectivity index (χ3n) is 4.12. The van der Waals surface area contributed by atoms with Crippen LogP contribution >= 0.6 is 0 Å². The van der Waals surface area contributed by atoms with Gasteiger partial charge in [0, 0.05) is 6.54 Å². The van der Waals surface area contributed by atoms with Crippen LogP contribution in [-0.4, -0.2) is 20.5 Å². The maximum atomic E-state index is 12.4. The molecular formula is C20H21N3O3S. The number of nitrogens with zero attached hydrogens (tertiary/aromatic N) is 1. The number of hydrogen-bond donors (Lipinski definition) is 2. The van der Waals surface area contributed by atoms with Gasteiger partial charge in [-0.2, -0.15) is 0 Å². The Morgan fingerprint density at radius 3 is 2.37 bits per heavy atom. The minimum Gasteiger partial charge on any atom is -0.497 e. The summed E-state index contributed by atoms with van der Waals surface area (Å²) in [5, 5.41) is 3.28. The molecule has 6 nitrogen and oxygen atoms in total. The third kappa shape index (κ3) is 4.77. The van der Waals surface area contributed by atoms with Crippen molar-refractivity contribution in [2.45, 2.75) is 18.4 Å². The van der Waals surface area contributed by atoms with Gasteiger partial charge in [-0.05, 0) is 54.4 Å². The molecule has 0 atom stereocenters. The van der Waals surface area contributed by atoms with E-state index in [0.717, 1.165) is 5.69 Å². The van der Waals surface area contributed by atoms with Crippen LogP contribution in [0.1, 0.15) is 11.1 Å². The van der Waals surface area contributed by atoms with Gasteiger partial charge < -0.3 is 10.1 Å². The van der Waals surface area contributed by atoms with E-state index in [2.05, 4.69) is 34.1 Å². The summed E-state index contributed by atoms with van der Waals surface area (Å²) in [7, 11) is -2.17. The third-order valence-corrected chi connectivity index (χ3v) is 5.49. The average Bonchev–Trinajstić information content (AvgIpc) is 2.68. The van der Waals surface area contributed by atoms with Crippen LogP contribution in [0.5, 0.6) is 5.75 Å². The smallest absolute Gasteiger partial charge is 0.263 e. The molecule has 27 heavy (non-hydrogen) atoms. The van der Waals surface area contributed by atoms with Crippen molar-refractivity contribution in [1.82, 2.24) is 4.98 Å². The summed E-state index contributed by atoms with van der Waals surface area (Å²) in [5.41, 5.74) is 3.22. The van der Waals surface area contributed by atoms with Gasteiger partial charge >= 0.3 is 0 Å². The highest BCUT2D eigenvalue weighted by Crippen LogP contribution is 2.19. The molecule has 2 N–H and O–H groups in total. The fourth-order valence-electron chi connectivity index (χ4n) is 2.52. The normalized spacial score (nSPS) is 11.0. The Hall–Kier alpha value is -3.06. The molecule has 0 unspecified atom stereocenters. The number of ether oxygens (including phenoxy) is 1. The zero-order valence-electron chi connectivity index (χ0n) is 15.1. The van der Waals surface area contributed by atoms with E-state index in [1.807, 2.05) is 12.1 Å². The molecule has 0 aliphatic rings. The zero-order chi connectivity index (χ0) is 19.3. The minimum atomic E-state index is -3.70. The number of aryl methyl sites for hydroxylation is 1. The number of benzene rings is 2. The summed E-state index contributed by atoms with van der Waals surface area (Å²) >= 11 is 0. The van der Waals surface area contributed by atoms with E-state index in [1.165, 1.54) is 30.4 Å². The number of nitrogens with one attached hydrogen (secondary N) is 2. The van der Waals surface area contributed by atoms with Crippen LogP contribution < -0.4 is 14.8 Å². The lowest BCUT2D eigenvalue weighted by Gasteiger charge is -2.11. The van der Waals surface area contributed by atoms with Gasteiger partial charge in [-0.1, -0.05) is 24.3 Å². The largest absolute Gasteiger partial charge is 0.497 e. The van der Waals surface area contributed by atoms with Gasteiger partial charge in [0.25, 0.3) is 10.0 Å². The summed E-state index contributed by atoms with van der Waals surface area (Å²) in [6, 6.07) is 17.7. The van der Waals surface area contributed by atoms with Crippen molar-refractivity contribution >= 4 is 21.5 Å². The molecule has 7 heteroatoms. The topological polar surface area (TPSA) is 80.3 Å². The SMILES string of the molecule is COc1ccc(S(=O)(=O)Nc2ccc(NCc3ccccc3C)cn2)cc1. The molecule has 0 spiro atoms. The number of rotatable bonds is 7. The number of aromatic nitrogens is 1. The maximum Gasteiger partial charge on any atom is 0.263 e. The molecule has 0 saturated heterocycles. The minimum absolute atomic E-state index is 0.145. The number of methoxy groups -OCH3 is 1. The fraction of sp³-hybridized carbons (Fsp3) is 0.150. The van der Waals surface area contributed by atoms with E-state index in [0.29, 0.717) is 12.3 Å². The lowest BCUT2D eigenvalue weighted by atomic mass is 10.1. The Kier molecular flexibility index (Phi) is 5.61. The quantitative estimate of drug-likeness (QED) is 0.648. The van der Waals surface area contributed by atoms with E-state index in [4.69, 9.17) is 4.74 Å². The molecule has 0 saturated carbocycles. The van der Waals surface area contributed by atoms with Crippen LogP contribution in [0.15, 0.2) is 71.8 Å². The first kappa shape index (κ1) is 18.7. The zero-order valence-corrected chi connectivity index (χ0v) is 16.0. The van der Waals surface area contributed by atoms with Crippen molar-refractivity contribution in [3.05, 3.63) is 78.0 Å². The Labute approximate surface area is 159 Å². The molecule has 2 aromatic carbocycles. The van der Waals surface area contributed by atoms with Crippen LogP contribution in [0.4, 0.5) is 11.5 Å². The van der Waals surface area contributed by atoms with Crippen LogP contribution in [0.25, 0.3) is 0 Å². The molecule has 3 rings (SSSR count). The van der Waals surface area contributed by atoms with E-state index in [-0.39, 0.29) is 10.7 Å². The molecule has 0 aliphatic carbocycles. The van der Waals surface area contributed by atoms with Gasteiger partial charge in [-0.15, -0.1) is 0 Å². The summed E-state index contributed by atoms with van der Waals surface area (Å²) in [4.78, 5) is 4.33. The van der Waals surface area contributed by atoms with E-state index < -0.39 is 10.0 Å². The van der Waals surface area contributed by atoms with Crippen LogP contribution in [0.2, 0.25) is 0 Å². The van der Waals surface area contributed by atoms with Crippen LogP contribution in [0.3, 0.4) is 0 Å². The van der Waals surface area contributed by atoms with Crippen molar-refractivity contribution in [3.63, 3.8) is 0 Å². The van der Waals surface area contributed by atoms with Crippen molar-refractivity contribution in [2.75, 3.05) is 17.1 Å². The second kappa shape index (κ2) is 8.09. The van der Waals surface area contributed by atoms with E-state index >= 15 is 0 Å². The molecule has 0 aliphatic heterocycles. The van der Waals surface area contributed by atoms with Gasteiger partial charge in [-0.3, -0.25) is 4.72 Å². The predicted octanol–water partition coefficient (Wildman–Crippen LogP) is 3.81. The van der Waals surface area contributed by atoms with Crippen molar-refractivity contribution in [1.29, 1.82) is 0 Å². The number of pyridine rings is 1. The van der Waals surface area contributed by atoms with Gasteiger partial charge in [0.1, 0.15) is 11.6 Å². The Bertz CT molecular complexity index is 1000. The first-order valence-electron chi connectivity index (χ1n) is 8.39. The van der Waals surface area contributed by atoms with Crippen LogP contribution in [0, 0.1) is 6.92 Å². The lowest BCUT2D eigenvalue weighted by Crippen LogP contribution is -2.14. The van der Waals surface area contributed by atoms with Crippen molar-refractivity contribution < 1.29 is 13.2 Å². The molecular weight excluding hydrogens is 362 g/mol.